The molecule has 0 bridgehead atoms. The fourth-order valence-electron chi connectivity index (χ4n) is 14.7. The molecule has 5 aliphatic heterocycles. The smallest absolute Gasteiger partial charge is 0.187 e. The zero-order valence-electron chi connectivity index (χ0n) is 36.3. The number of ether oxygens (including phenoxy) is 6. The van der Waals surface area contributed by atoms with Gasteiger partial charge in [0.25, 0.3) is 0 Å². The summed E-state index contributed by atoms with van der Waals surface area (Å²) in [5.41, 5.74) is 1.80. The minimum Gasteiger partial charge on any atom is -0.394 e. The van der Waals surface area contributed by atoms with E-state index in [4.69, 9.17) is 28.4 Å². The van der Waals surface area contributed by atoms with E-state index in [0.717, 1.165) is 43.1 Å². The Kier molecular flexibility index (Phi) is 12.7. The summed E-state index contributed by atoms with van der Waals surface area (Å²) < 4.78 is 35.8. The highest BCUT2D eigenvalue weighted by molar-refractivity contribution is 5.27. The second-order valence-corrected chi connectivity index (χ2v) is 21.2. The van der Waals surface area contributed by atoms with Crippen LogP contribution in [0.5, 0.6) is 0 Å². The van der Waals surface area contributed by atoms with Crippen LogP contribution in [-0.4, -0.2) is 181 Å². The van der Waals surface area contributed by atoms with E-state index in [-0.39, 0.29) is 11.5 Å². The Bertz CT molecular complexity index is 1590. The fourth-order valence-corrected chi connectivity index (χ4v) is 14.7. The zero-order chi connectivity index (χ0) is 43.4. The summed E-state index contributed by atoms with van der Waals surface area (Å²) in [4.78, 5) is 2.94. The van der Waals surface area contributed by atoms with Crippen LogP contribution in [0.2, 0.25) is 0 Å². The van der Waals surface area contributed by atoms with Crippen LogP contribution in [-0.2, 0) is 28.4 Å². The zero-order valence-corrected chi connectivity index (χ0v) is 36.3. The van der Waals surface area contributed by atoms with Gasteiger partial charge in [-0.15, -0.1) is 0 Å². The molecule has 3 saturated carbocycles. The van der Waals surface area contributed by atoms with Crippen LogP contribution >= 0.6 is 0 Å². The number of nitrogens with zero attached hydrogens (tertiary/aromatic N) is 1. The molecule has 9 N–H and O–H groups in total. The predicted octanol–water partition coefficient (Wildman–Crippen LogP) is 0.155. The Hall–Kier alpha value is -0.900. The highest BCUT2D eigenvalue weighted by Gasteiger charge is 2.66. The van der Waals surface area contributed by atoms with Gasteiger partial charge in [-0.05, 0) is 111 Å². The van der Waals surface area contributed by atoms with Gasteiger partial charge in [0, 0.05) is 18.6 Å². The lowest BCUT2D eigenvalue weighted by Gasteiger charge is -2.58. The van der Waals surface area contributed by atoms with Crippen LogP contribution in [0.1, 0.15) is 92.4 Å². The molecule has 9 aliphatic rings. The van der Waals surface area contributed by atoms with Crippen molar-refractivity contribution in [2.24, 2.45) is 46.3 Å². The van der Waals surface area contributed by atoms with E-state index < -0.39 is 105 Å². The van der Waals surface area contributed by atoms with Gasteiger partial charge in [-0.25, -0.2) is 0 Å². The van der Waals surface area contributed by atoms with Crippen LogP contribution in [0.4, 0.5) is 0 Å². The summed E-state index contributed by atoms with van der Waals surface area (Å²) >= 11 is 0. The molecule has 9 rings (SSSR count). The molecule has 5 heterocycles. The Labute approximate surface area is 359 Å². The number of hydrogen-bond acceptors (Lipinski definition) is 16. The molecule has 26 unspecified atom stereocenters. The summed E-state index contributed by atoms with van der Waals surface area (Å²) in [6.07, 6.45) is -11.0. The Morgan fingerprint density at radius 1 is 0.672 bits per heavy atom. The highest BCUT2D eigenvalue weighted by Crippen LogP contribution is 2.70. The average molecular weight is 868 g/mol. The molecule has 0 aromatic carbocycles. The summed E-state index contributed by atoms with van der Waals surface area (Å²) in [6.45, 7) is 11.4. The first-order chi connectivity index (χ1) is 29.0. The van der Waals surface area contributed by atoms with E-state index in [1.165, 1.54) is 51.1 Å². The number of hydrogen-bond donors (Lipinski definition) is 9. The first kappa shape index (κ1) is 45.3. The Balaban J connectivity index is 0.887. The lowest BCUT2D eigenvalue weighted by Crippen LogP contribution is -2.67. The first-order valence-corrected chi connectivity index (χ1v) is 23.4. The second-order valence-electron chi connectivity index (χ2n) is 21.2. The van der Waals surface area contributed by atoms with Crippen LogP contribution in [0.25, 0.3) is 0 Å². The van der Waals surface area contributed by atoms with Crippen LogP contribution in [0, 0.1) is 46.3 Å². The van der Waals surface area contributed by atoms with E-state index in [1.54, 1.807) is 0 Å². The highest BCUT2D eigenvalue weighted by atomic mass is 16.8. The number of aliphatic hydroxyl groups excluding tert-OH is 9. The third-order valence-electron chi connectivity index (χ3n) is 18.0. The normalized spacial score (nSPS) is 57.3. The molecule has 5 saturated heterocycles. The minimum atomic E-state index is -1.80. The van der Waals surface area contributed by atoms with E-state index in [1.807, 2.05) is 0 Å². The SMILES string of the molecule is CC1CCC2C(C)C3C(CC4C5CC=C6CC(OC7OC(CO)C(O)C(OC8OC(CO)C(O)C(O)C8OC8OC(C)C(O)C(O)C8O)C7O)CCC6(C)C5CCC43C)N2C1. The molecule has 0 spiro atoms. The third kappa shape index (κ3) is 7.42. The van der Waals surface area contributed by atoms with Crippen molar-refractivity contribution in [2.75, 3.05) is 19.8 Å². The molecular weight excluding hydrogens is 794 g/mol. The predicted molar refractivity (Wildman–Crippen MR) is 215 cm³/mol. The standard InChI is InChI=1S/C45H73NO15/c1-19-6-9-27-20(2)31-28(46(27)16-19)15-26-24-8-7-22-14-23(10-12-44(22,4)25(24)11-13-45(26,31)5)57-42-38(55)39(34(51)30(18-48)58-42)60-43-40(36(53)33(50)29(17-47)59-43)61-41-37(54)35(52)32(49)21(3)56-41/h7,19-21,23-43,47-55H,6,8-18H2,1-5H3. The van der Waals surface area contributed by atoms with Gasteiger partial charge in [-0.2, -0.15) is 0 Å². The minimum absolute atomic E-state index is 0.0423. The van der Waals surface area contributed by atoms with Crippen molar-refractivity contribution in [1.82, 2.24) is 4.90 Å². The summed E-state index contributed by atoms with van der Waals surface area (Å²) in [5, 5.41) is 96.5. The summed E-state index contributed by atoms with van der Waals surface area (Å²) in [5.74, 6) is 4.26. The number of rotatable bonds is 8. The van der Waals surface area contributed by atoms with Crippen LogP contribution in [0.3, 0.4) is 0 Å². The van der Waals surface area contributed by atoms with Crippen molar-refractivity contribution in [3.05, 3.63) is 11.6 Å². The quantitative estimate of drug-likeness (QED) is 0.148. The maximum Gasteiger partial charge on any atom is 0.187 e. The van der Waals surface area contributed by atoms with Gasteiger partial charge in [0.1, 0.15) is 67.1 Å². The Morgan fingerprint density at radius 3 is 2.10 bits per heavy atom. The number of fused-ring (bicyclic) bond motifs is 9. The molecule has 0 radical (unpaired) electrons. The van der Waals surface area contributed by atoms with Crippen molar-refractivity contribution in [1.29, 1.82) is 0 Å². The molecule has 0 aromatic rings. The van der Waals surface area contributed by atoms with Crippen molar-refractivity contribution in [3.8, 4) is 0 Å². The molecule has 16 heteroatoms. The molecule has 16 nitrogen and oxygen atoms in total. The first-order valence-electron chi connectivity index (χ1n) is 23.4. The fraction of sp³-hybridized carbons (Fsp3) is 0.956. The molecule has 8 fully saturated rings. The maximum absolute atomic E-state index is 11.8. The lowest BCUT2D eigenvalue weighted by atomic mass is 9.47. The number of piperidine rings is 1. The van der Waals surface area contributed by atoms with Crippen molar-refractivity contribution >= 4 is 0 Å². The molecule has 4 aliphatic carbocycles. The molecule has 0 aromatic heterocycles. The third-order valence-corrected chi connectivity index (χ3v) is 18.0. The van der Waals surface area contributed by atoms with Gasteiger partial charge in [0.2, 0.25) is 0 Å². The van der Waals surface area contributed by atoms with Gasteiger partial charge in [0.05, 0.1) is 25.4 Å². The molecule has 26 atom stereocenters. The largest absolute Gasteiger partial charge is 0.394 e. The summed E-state index contributed by atoms with van der Waals surface area (Å²) in [7, 11) is 0. The van der Waals surface area contributed by atoms with Crippen molar-refractivity contribution in [3.63, 3.8) is 0 Å². The number of aliphatic hydroxyl groups is 9. The van der Waals surface area contributed by atoms with E-state index >= 15 is 0 Å². The van der Waals surface area contributed by atoms with E-state index in [2.05, 4.69) is 38.7 Å². The number of allylic oxidation sites excluding steroid dienone is 1. The maximum atomic E-state index is 11.8. The van der Waals surface area contributed by atoms with E-state index in [9.17, 15) is 46.0 Å². The van der Waals surface area contributed by atoms with Crippen molar-refractivity contribution in [2.45, 2.75) is 203 Å². The molecule has 348 valence electrons. The van der Waals surface area contributed by atoms with Gasteiger partial charge in [0.15, 0.2) is 18.9 Å². The second kappa shape index (κ2) is 17.1. The summed E-state index contributed by atoms with van der Waals surface area (Å²) in [6, 6.07) is 1.45. The molecule has 0 amide bonds. The molecule has 61 heavy (non-hydrogen) atoms. The van der Waals surface area contributed by atoms with Crippen LogP contribution in [0.15, 0.2) is 11.6 Å². The van der Waals surface area contributed by atoms with Gasteiger partial charge < -0.3 is 74.4 Å². The van der Waals surface area contributed by atoms with Gasteiger partial charge >= 0.3 is 0 Å². The van der Waals surface area contributed by atoms with E-state index in [0.29, 0.717) is 35.6 Å². The molecular formula is C45H73NO15. The topological polar surface area (TPSA) is 241 Å². The van der Waals surface area contributed by atoms with Gasteiger partial charge in [-0.1, -0.05) is 39.3 Å². The van der Waals surface area contributed by atoms with Crippen molar-refractivity contribution < 1.29 is 74.4 Å². The van der Waals surface area contributed by atoms with Crippen LogP contribution < -0.4 is 0 Å². The monoisotopic (exact) mass is 867 g/mol. The average Bonchev–Trinajstić information content (AvgIpc) is 3.71. The Morgan fingerprint density at radius 2 is 1.36 bits per heavy atom. The lowest BCUT2D eigenvalue weighted by molar-refractivity contribution is -0.389. The van der Waals surface area contributed by atoms with Gasteiger partial charge in [-0.3, -0.25) is 4.90 Å².